The summed E-state index contributed by atoms with van der Waals surface area (Å²) < 4.78 is 10.4. The molecule has 0 saturated carbocycles. The van der Waals surface area contributed by atoms with Crippen LogP contribution < -0.4 is 0 Å². The third-order valence-corrected chi connectivity index (χ3v) is 3.12. The van der Waals surface area contributed by atoms with E-state index in [1.807, 2.05) is 0 Å². The van der Waals surface area contributed by atoms with Crippen LogP contribution in [0.3, 0.4) is 0 Å². The average Bonchev–Trinajstić information content (AvgIpc) is 2.31. The summed E-state index contributed by atoms with van der Waals surface area (Å²) in [7, 11) is 1.73. The maximum Gasteiger partial charge on any atom is 0.0487 e. The van der Waals surface area contributed by atoms with Crippen LogP contribution in [-0.2, 0) is 9.47 Å². The number of ether oxygens (including phenoxy) is 2. The molecule has 0 rings (SSSR count). The summed E-state index contributed by atoms with van der Waals surface area (Å²) in [6.07, 6.45) is 10.4. The van der Waals surface area contributed by atoms with E-state index in [0.717, 1.165) is 31.6 Å². The van der Waals surface area contributed by atoms with Crippen LogP contribution >= 0.6 is 15.9 Å². The summed E-state index contributed by atoms with van der Waals surface area (Å²) in [6, 6.07) is 0. The van der Waals surface area contributed by atoms with Crippen LogP contribution in [0.5, 0.6) is 0 Å². The van der Waals surface area contributed by atoms with Crippen LogP contribution in [0, 0.1) is 0 Å². The van der Waals surface area contributed by atoms with Crippen LogP contribution in [0.1, 0.15) is 51.4 Å². The molecule has 16 heavy (non-hydrogen) atoms. The standard InChI is InChI=1S/C13H27BrO2/c1-15-11-9-13-16-12-8-6-4-2-3-5-7-10-14/h2-13H2,1H3. The zero-order chi connectivity index (χ0) is 11.9. The Balaban J connectivity index is 2.83. The molecule has 0 fully saturated rings. The number of alkyl halides is 1. The maximum atomic E-state index is 5.49. The molecule has 98 valence electrons. The summed E-state index contributed by atoms with van der Waals surface area (Å²) in [4.78, 5) is 0. The number of unbranched alkanes of at least 4 members (excludes halogenated alkanes) is 6. The molecule has 0 spiro atoms. The minimum Gasteiger partial charge on any atom is -0.385 e. The number of hydrogen-bond acceptors (Lipinski definition) is 2. The number of rotatable bonds is 13. The second-order valence-corrected chi connectivity index (χ2v) is 4.92. The van der Waals surface area contributed by atoms with E-state index < -0.39 is 0 Å². The highest BCUT2D eigenvalue weighted by molar-refractivity contribution is 9.09. The molecule has 0 unspecified atom stereocenters. The smallest absolute Gasteiger partial charge is 0.0487 e. The minimum atomic E-state index is 0.813. The van der Waals surface area contributed by atoms with Gasteiger partial charge >= 0.3 is 0 Å². The first-order valence-corrected chi connectivity index (χ1v) is 7.66. The first-order valence-electron chi connectivity index (χ1n) is 6.54. The second-order valence-electron chi connectivity index (χ2n) is 4.12. The third kappa shape index (κ3) is 14.4. The van der Waals surface area contributed by atoms with Gasteiger partial charge in [-0.05, 0) is 19.3 Å². The van der Waals surface area contributed by atoms with Crippen molar-refractivity contribution in [3.63, 3.8) is 0 Å². The Kier molecular flexibility index (Phi) is 15.8. The molecule has 0 aliphatic rings. The van der Waals surface area contributed by atoms with Crippen molar-refractivity contribution in [3.05, 3.63) is 0 Å². The fraction of sp³-hybridized carbons (Fsp3) is 1.00. The van der Waals surface area contributed by atoms with Gasteiger partial charge in [0.05, 0.1) is 0 Å². The fourth-order valence-corrected chi connectivity index (χ4v) is 1.99. The Bertz CT molecular complexity index is 107. The maximum absolute atomic E-state index is 5.49. The lowest BCUT2D eigenvalue weighted by molar-refractivity contribution is 0.100. The van der Waals surface area contributed by atoms with E-state index in [-0.39, 0.29) is 0 Å². The normalized spacial score (nSPS) is 10.9. The molecule has 0 atom stereocenters. The molecule has 0 aliphatic carbocycles. The lowest BCUT2D eigenvalue weighted by Crippen LogP contribution is -2.00. The Hall–Kier alpha value is 0.400. The number of hydrogen-bond donors (Lipinski definition) is 0. The van der Waals surface area contributed by atoms with Crippen LogP contribution in [-0.4, -0.2) is 32.3 Å². The summed E-state index contributed by atoms with van der Waals surface area (Å²) in [6.45, 7) is 2.58. The van der Waals surface area contributed by atoms with Crippen LogP contribution in [0.2, 0.25) is 0 Å². The van der Waals surface area contributed by atoms with Gasteiger partial charge < -0.3 is 9.47 Å². The van der Waals surface area contributed by atoms with Gasteiger partial charge in [0.15, 0.2) is 0 Å². The molecule has 3 heteroatoms. The first-order chi connectivity index (χ1) is 7.91. The predicted molar refractivity (Wildman–Crippen MR) is 73.4 cm³/mol. The van der Waals surface area contributed by atoms with Gasteiger partial charge in [-0.2, -0.15) is 0 Å². The second kappa shape index (κ2) is 15.4. The largest absolute Gasteiger partial charge is 0.385 e. The van der Waals surface area contributed by atoms with Crippen LogP contribution in [0.4, 0.5) is 0 Å². The van der Waals surface area contributed by atoms with E-state index in [0.29, 0.717) is 0 Å². The van der Waals surface area contributed by atoms with E-state index in [2.05, 4.69) is 15.9 Å². The molecule has 0 saturated heterocycles. The Morgan fingerprint density at radius 2 is 1.25 bits per heavy atom. The Labute approximate surface area is 109 Å². The number of methoxy groups -OCH3 is 1. The van der Waals surface area contributed by atoms with Crippen molar-refractivity contribution in [1.82, 2.24) is 0 Å². The van der Waals surface area contributed by atoms with Crippen molar-refractivity contribution < 1.29 is 9.47 Å². The van der Waals surface area contributed by atoms with E-state index in [4.69, 9.17) is 9.47 Å². The third-order valence-electron chi connectivity index (χ3n) is 2.56. The zero-order valence-electron chi connectivity index (χ0n) is 10.7. The molecular formula is C13H27BrO2. The molecule has 0 radical (unpaired) electrons. The van der Waals surface area contributed by atoms with Crippen molar-refractivity contribution in [1.29, 1.82) is 0 Å². The van der Waals surface area contributed by atoms with Gasteiger partial charge in [-0.15, -0.1) is 0 Å². The van der Waals surface area contributed by atoms with Crippen molar-refractivity contribution >= 4 is 15.9 Å². The summed E-state index contributed by atoms with van der Waals surface area (Å²) in [5.74, 6) is 0. The topological polar surface area (TPSA) is 18.5 Å². The molecule has 0 N–H and O–H groups in total. The quantitative estimate of drug-likeness (QED) is 0.375. The average molecular weight is 295 g/mol. The number of halogens is 1. The molecule has 2 nitrogen and oxygen atoms in total. The van der Waals surface area contributed by atoms with E-state index in [1.54, 1.807) is 7.11 Å². The SMILES string of the molecule is COCCCOCCCCCCCCCBr. The van der Waals surface area contributed by atoms with Gasteiger partial charge in [-0.1, -0.05) is 48.0 Å². The molecule has 0 aliphatic heterocycles. The van der Waals surface area contributed by atoms with E-state index >= 15 is 0 Å². The van der Waals surface area contributed by atoms with Crippen LogP contribution in [0.25, 0.3) is 0 Å². The first kappa shape index (κ1) is 16.4. The monoisotopic (exact) mass is 294 g/mol. The van der Waals surface area contributed by atoms with Crippen molar-refractivity contribution in [3.8, 4) is 0 Å². The molecule has 0 amide bonds. The van der Waals surface area contributed by atoms with E-state index in [9.17, 15) is 0 Å². The van der Waals surface area contributed by atoms with Crippen molar-refractivity contribution in [2.45, 2.75) is 51.4 Å². The predicted octanol–water partition coefficient (Wildman–Crippen LogP) is 4.17. The van der Waals surface area contributed by atoms with Gasteiger partial charge in [0, 0.05) is 32.3 Å². The molecule has 0 aromatic heterocycles. The summed E-state index contributed by atoms with van der Waals surface area (Å²) in [5.41, 5.74) is 0. The zero-order valence-corrected chi connectivity index (χ0v) is 12.3. The Morgan fingerprint density at radius 1 is 0.688 bits per heavy atom. The van der Waals surface area contributed by atoms with Crippen molar-refractivity contribution in [2.24, 2.45) is 0 Å². The van der Waals surface area contributed by atoms with E-state index in [1.165, 1.54) is 44.9 Å². The highest BCUT2D eigenvalue weighted by Gasteiger charge is 1.92. The highest BCUT2D eigenvalue weighted by atomic mass is 79.9. The minimum absolute atomic E-state index is 0.813. The van der Waals surface area contributed by atoms with Gasteiger partial charge in [-0.25, -0.2) is 0 Å². The Morgan fingerprint density at radius 3 is 1.88 bits per heavy atom. The molecule has 0 aromatic carbocycles. The molecular weight excluding hydrogens is 268 g/mol. The molecule has 0 aromatic rings. The lowest BCUT2D eigenvalue weighted by atomic mass is 10.1. The summed E-state index contributed by atoms with van der Waals surface area (Å²) >= 11 is 3.45. The fourth-order valence-electron chi connectivity index (χ4n) is 1.59. The van der Waals surface area contributed by atoms with Gasteiger partial charge in [0.2, 0.25) is 0 Å². The van der Waals surface area contributed by atoms with Gasteiger partial charge in [0.1, 0.15) is 0 Å². The highest BCUT2D eigenvalue weighted by Crippen LogP contribution is 2.08. The molecule has 0 heterocycles. The van der Waals surface area contributed by atoms with Gasteiger partial charge in [0.25, 0.3) is 0 Å². The van der Waals surface area contributed by atoms with Crippen molar-refractivity contribution in [2.75, 3.05) is 32.3 Å². The lowest BCUT2D eigenvalue weighted by Gasteiger charge is -2.04. The van der Waals surface area contributed by atoms with Gasteiger partial charge in [-0.3, -0.25) is 0 Å². The van der Waals surface area contributed by atoms with Crippen LogP contribution in [0.15, 0.2) is 0 Å². The molecule has 0 bridgehead atoms. The summed E-state index contributed by atoms with van der Waals surface area (Å²) in [5, 5.41) is 1.16.